The monoisotopic (exact) mass is 235 g/mol. The molecular formula is C8H11Cl2N3O. The van der Waals surface area contributed by atoms with Gasteiger partial charge in [-0.2, -0.15) is 0 Å². The third-order valence-electron chi connectivity index (χ3n) is 1.68. The maximum atomic E-state index is 8.71. The zero-order chi connectivity index (χ0) is 10.6. The zero-order valence-electron chi connectivity index (χ0n) is 7.67. The summed E-state index contributed by atoms with van der Waals surface area (Å²) in [7, 11) is 0. The lowest BCUT2D eigenvalue weighted by Crippen LogP contribution is -2.17. The summed E-state index contributed by atoms with van der Waals surface area (Å²) in [6.45, 7) is 2.05. The number of nitrogens with one attached hydrogen (secondary N) is 1. The molecule has 0 radical (unpaired) electrons. The van der Waals surface area contributed by atoms with Gasteiger partial charge in [-0.3, -0.25) is 0 Å². The van der Waals surface area contributed by atoms with Gasteiger partial charge < -0.3 is 10.4 Å². The van der Waals surface area contributed by atoms with Crippen LogP contribution in [0.25, 0.3) is 0 Å². The number of rotatable bonds is 4. The predicted molar refractivity (Wildman–Crippen MR) is 56.8 cm³/mol. The topological polar surface area (TPSA) is 58.0 Å². The Morgan fingerprint density at radius 1 is 1.50 bits per heavy atom. The van der Waals surface area contributed by atoms with Crippen LogP contribution in [-0.2, 0) is 0 Å². The van der Waals surface area contributed by atoms with Gasteiger partial charge in [0.1, 0.15) is 0 Å². The van der Waals surface area contributed by atoms with E-state index in [0.29, 0.717) is 12.1 Å². The first-order valence-electron chi connectivity index (χ1n) is 4.19. The summed E-state index contributed by atoms with van der Waals surface area (Å²) in [6, 6.07) is 1.71. The highest BCUT2D eigenvalue weighted by molar-refractivity contribution is 6.33. The summed E-state index contributed by atoms with van der Waals surface area (Å²) in [4.78, 5) is 0. The molecule has 78 valence electrons. The van der Waals surface area contributed by atoms with Crippen molar-refractivity contribution in [3.05, 3.63) is 16.4 Å². The molecule has 0 bridgehead atoms. The summed E-state index contributed by atoms with van der Waals surface area (Å²) in [6.07, 6.45) is 0.635. The fourth-order valence-electron chi connectivity index (χ4n) is 0.986. The van der Waals surface area contributed by atoms with E-state index in [4.69, 9.17) is 28.3 Å². The van der Waals surface area contributed by atoms with E-state index in [9.17, 15) is 0 Å². The van der Waals surface area contributed by atoms with Crippen LogP contribution in [0.3, 0.4) is 0 Å². The van der Waals surface area contributed by atoms with Crippen LogP contribution in [-0.4, -0.2) is 28.0 Å². The first-order chi connectivity index (χ1) is 6.63. The van der Waals surface area contributed by atoms with Crippen LogP contribution in [0.4, 0.5) is 5.69 Å². The third-order valence-corrected chi connectivity index (χ3v) is 2.15. The van der Waals surface area contributed by atoms with Crippen molar-refractivity contribution in [2.24, 2.45) is 0 Å². The van der Waals surface area contributed by atoms with Crippen LogP contribution in [0, 0.1) is 0 Å². The van der Waals surface area contributed by atoms with Gasteiger partial charge in [0.25, 0.3) is 0 Å². The highest BCUT2D eigenvalue weighted by atomic mass is 35.5. The van der Waals surface area contributed by atoms with E-state index in [1.165, 1.54) is 0 Å². The molecule has 0 aromatic carbocycles. The number of hydrogen-bond donors (Lipinski definition) is 2. The van der Waals surface area contributed by atoms with Crippen molar-refractivity contribution in [1.29, 1.82) is 0 Å². The van der Waals surface area contributed by atoms with Crippen molar-refractivity contribution in [2.45, 2.75) is 19.4 Å². The number of aliphatic hydroxyl groups excluding tert-OH is 1. The number of anilines is 1. The predicted octanol–water partition coefficient (Wildman–Crippen LogP) is 1.97. The first kappa shape index (κ1) is 11.5. The Hall–Kier alpha value is -0.580. The lowest BCUT2D eigenvalue weighted by molar-refractivity contribution is 0.282. The van der Waals surface area contributed by atoms with Crippen molar-refractivity contribution in [3.63, 3.8) is 0 Å². The van der Waals surface area contributed by atoms with E-state index in [0.717, 1.165) is 0 Å². The minimum Gasteiger partial charge on any atom is -0.396 e. The molecule has 0 saturated carbocycles. The lowest BCUT2D eigenvalue weighted by atomic mass is 10.2. The van der Waals surface area contributed by atoms with Crippen molar-refractivity contribution >= 4 is 28.9 Å². The van der Waals surface area contributed by atoms with Gasteiger partial charge in [-0.1, -0.05) is 23.2 Å². The number of halogens is 2. The van der Waals surface area contributed by atoms with E-state index in [-0.39, 0.29) is 23.0 Å². The van der Waals surface area contributed by atoms with Gasteiger partial charge >= 0.3 is 0 Å². The molecule has 1 aromatic heterocycles. The van der Waals surface area contributed by atoms with Crippen molar-refractivity contribution in [3.8, 4) is 0 Å². The second-order valence-corrected chi connectivity index (χ2v) is 3.67. The van der Waals surface area contributed by atoms with E-state index in [1.54, 1.807) is 6.07 Å². The summed E-state index contributed by atoms with van der Waals surface area (Å²) in [5, 5.41) is 19.6. The molecule has 1 aromatic rings. The van der Waals surface area contributed by atoms with Crippen LogP contribution >= 0.6 is 23.2 Å². The molecule has 1 rings (SSSR count). The standard InChI is InChI=1S/C8H11Cl2N3O/c1-5(2-3-14)11-6-4-7(9)12-13-8(6)10/h4-5,14H,2-3H2,1H3,(H,11,12). The summed E-state index contributed by atoms with van der Waals surface area (Å²) < 4.78 is 0. The molecule has 6 heteroatoms. The van der Waals surface area contributed by atoms with Crippen LogP contribution in [0.2, 0.25) is 10.3 Å². The Bertz CT molecular complexity index is 309. The number of aromatic nitrogens is 2. The number of hydrogen-bond acceptors (Lipinski definition) is 4. The molecule has 4 nitrogen and oxygen atoms in total. The van der Waals surface area contributed by atoms with Crippen molar-refractivity contribution in [1.82, 2.24) is 10.2 Å². The number of aliphatic hydroxyl groups is 1. The van der Waals surface area contributed by atoms with Gasteiger partial charge in [-0.05, 0) is 13.3 Å². The summed E-state index contributed by atoms with van der Waals surface area (Å²) >= 11 is 11.4. The smallest absolute Gasteiger partial charge is 0.174 e. The Kier molecular flexibility index (Phi) is 4.38. The molecule has 14 heavy (non-hydrogen) atoms. The highest BCUT2D eigenvalue weighted by Gasteiger charge is 2.07. The molecule has 0 fully saturated rings. The SMILES string of the molecule is CC(CCO)Nc1cc(Cl)nnc1Cl. The largest absolute Gasteiger partial charge is 0.396 e. The lowest BCUT2D eigenvalue weighted by Gasteiger charge is -2.14. The quantitative estimate of drug-likeness (QED) is 0.838. The van der Waals surface area contributed by atoms with E-state index >= 15 is 0 Å². The van der Waals surface area contributed by atoms with Crippen molar-refractivity contribution < 1.29 is 5.11 Å². The fourth-order valence-corrected chi connectivity index (χ4v) is 1.28. The van der Waals surface area contributed by atoms with Gasteiger partial charge in [0, 0.05) is 18.7 Å². The molecule has 0 amide bonds. The second kappa shape index (κ2) is 5.34. The minimum atomic E-state index is 0.109. The molecule has 1 atom stereocenters. The van der Waals surface area contributed by atoms with Gasteiger partial charge in [0.05, 0.1) is 5.69 Å². The molecule has 1 unspecified atom stereocenters. The van der Waals surface area contributed by atoms with Gasteiger partial charge in [0.15, 0.2) is 10.3 Å². The summed E-state index contributed by atoms with van der Waals surface area (Å²) in [5.41, 5.74) is 0.632. The van der Waals surface area contributed by atoms with Crippen molar-refractivity contribution in [2.75, 3.05) is 11.9 Å². The molecule has 0 aliphatic carbocycles. The molecular weight excluding hydrogens is 225 g/mol. The van der Waals surface area contributed by atoms with E-state index < -0.39 is 0 Å². The third kappa shape index (κ3) is 3.29. The molecule has 0 aliphatic rings. The highest BCUT2D eigenvalue weighted by Crippen LogP contribution is 2.21. The zero-order valence-corrected chi connectivity index (χ0v) is 9.18. The Morgan fingerprint density at radius 3 is 2.86 bits per heavy atom. The average Bonchev–Trinajstić information content (AvgIpc) is 2.12. The Labute approximate surface area is 92.2 Å². The maximum Gasteiger partial charge on any atom is 0.174 e. The van der Waals surface area contributed by atoms with Crippen LogP contribution in [0.5, 0.6) is 0 Å². The molecule has 0 spiro atoms. The van der Waals surface area contributed by atoms with E-state index in [2.05, 4.69) is 15.5 Å². The van der Waals surface area contributed by atoms with E-state index in [1.807, 2.05) is 6.92 Å². The van der Waals surface area contributed by atoms with Crippen LogP contribution < -0.4 is 5.32 Å². The molecule has 0 saturated heterocycles. The normalized spacial score (nSPS) is 12.6. The fraction of sp³-hybridized carbons (Fsp3) is 0.500. The molecule has 1 heterocycles. The molecule has 2 N–H and O–H groups in total. The first-order valence-corrected chi connectivity index (χ1v) is 4.95. The second-order valence-electron chi connectivity index (χ2n) is 2.93. The van der Waals surface area contributed by atoms with Crippen LogP contribution in [0.1, 0.15) is 13.3 Å². The minimum absolute atomic E-state index is 0.109. The number of nitrogens with zero attached hydrogens (tertiary/aromatic N) is 2. The van der Waals surface area contributed by atoms with Crippen LogP contribution in [0.15, 0.2) is 6.07 Å². The maximum absolute atomic E-state index is 8.71. The Balaban J connectivity index is 2.70. The molecule has 0 aliphatic heterocycles. The van der Waals surface area contributed by atoms with Gasteiger partial charge in [0.2, 0.25) is 0 Å². The average molecular weight is 236 g/mol. The summed E-state index contributed by atoms with van der Waals surface area (Å²) in [5.74, 6) is 0. The van der Waals surface area contributed by atoms with Gasteiger partial charge in [-0.15, -0.1) is 10.2 Å². The van der Waals surface area contributed by atoms with Gasteiger partial charge in [-0.25, -0.2) is 0 Å². The Morgan fingerprint density at radius 2 is 2.21 bits per heavy atom.